The van der Waals surface area contributed by atoms with Gasteiger partial charge in [-0.25, -0.2) is 8.42 Å². The third kappa shape index (κ3) is 5.95. The van der Waals surface area contributed by atoms with Crippen LogP contribution in [-0.2, 0) is 14.8 Å². The molecule has 0 bridgehead atoms. The van der Waals surface area contributed by atoms with Crippen LogP contribution in [0.15, 0.2) is 46.0 Å². The van der Waals surface area contributed by atoms with E-state index >= 15 is 0 Å². The summed E-state index contributed by atoms with van der Waals surface area (Å²) in [5.74, 6) is -0.409. The molecule has 26 heavy (non-hydrogen) atoms. The quantitative estimate of drug-likeness (QED) is 0.307. The molecule has 0 saturated carbocycles. The predicted molar refractivity (Wildman–Crippen MR) is 105 cm³/mol. The van der Waals surface area contributed by atoms with Gasteiger partial charge in [0.05, 0.1) is 6.61 Å². The highest BCUT2D eigenvalue weighted by atomic mass is 32.2. The molecule has 1 aromatic carbocycles. The Morgan fingerprint density at radius 3 is 2.54 bits per heavy atom. The Bertz CT molecular complexity index is 836. The number of rotatable bonds is 7. The molecule has 0 aliphatic rings. The minimum atomic E-state index is -3.62. The Hall–Kier alpha value is -2.21. The van der Waals surface area contributed by atoms with Gasteiger partial charge in [0, 0.05) is 24.9 Å². The van der Waals surface area contributed by atoms with E-state index in [-0.39, 0.29) is 9.32 Å². The number of sulfonamides is 1. The number of benzene rings is 1. The minimum Gasteiger partial charge on any atom is -0.383 e. The van der Waals surface area contributed by atoms with Gasteiger partial charge in [-0.05, 0) is 47.9 Å². The molecule has 0 unspecified atom stereocenters. The van der Waals surface area contributed by atoms with Crippen molar-refractivity contribution >= 4 is 50.3 Å². The molecule has 0 fully saturated rings. The molecule has 8 nitrogen and oxygen atoms in total. The van der Waals surface area contributed by atoms with E-state index in [0.29, 0.717) is 24.4 Å². The van der Waals surface area contributed by atoms with E-state index in [9.17, 15) is 13.2 Å². The Balaban J connectivity index is 1.88. The maximum atomic E-state index is 12.1. The first kappa shape index (κ1) is 20.1. The van der Waals surface area contributed by atoms with Crippen molar-refractivity contribution in [2.45, 2.75) is 4.21 Å². The van der Waals surface area contributed by atoms with Gasteiger partial charge in [-0.15, -0.1) is 11.3 Å². The van der Waals surface area contributed by atoms with E-state index < -0.39 is 15.9 Å². The first-order chi connectivity index (χ1) is 12.4. The van der Waals surface area contributed by atoms with Gasteiger partial charge in [0.25, 0.3) is 15.9 Å². The van der Waals surface area contributed by atoms with E-state index in [4.69, 9.17) is 17.0 Å². The highest BCUT2D eigenvalue weighted by Crippen LogP contribution is 2.20. The molecular formula is C15H18N4O4S3. The molecule has 11 heteroatoms. The fourth-order valence-corrected chi connectivity index (χ4v) is 4.01. The van der Waals surface area contributed by atoms with Gasteiger partial charge in [-0.2, -0.15) is 0 Å². The molecule has 1 aromatic heterocycles. The highest BCUT2D eigenvalue weighted by molar-refractivity contribution is 7.94. The summed E-state index contributed by atoms with van der Waals surface area (Å²) in [6, 6.07) is 9.21. The molecule has 4 N–H and O–H groups in total. The Morgan fingerprint density at radius 2 is 1.92 bits per heavy atom. The summed E-state index contributed by atoms with van der Waals surface area (Å²) in [4.78, 5) is 12.0. The second-order valence-corrected chi connectivity index (χ2v) is 8.21. The SMILES string of the molecule is COCCNC(=S)NNC(=O)c1ccc(NS(=O)(=O)c2cccs2)cc1. The van der Waals surface area contributed by atoms with Crippen LogP contribution in [0.25, 0.3) is 0 Å². The van der Waals surface area contributed by atoms with E-state index in [2.05, 4.69) is 20.9 Å². The molecule has 0 aliphatic carbocycles. The predicted octanol–water partition coefficient (Wildman–Crippen LogP) is 1.30. The fraction of sp³-hybridized carbons (Fsp3) is 0.200. The minimum absolute atomic E-state index is 0.220. The van der Waals surface area contributed by atoms with Crippen molar-refractivity contribution in [1.29, 1.82) is 0 Å². The van der Waals surface area contributed by atoms with Gasteiger partial charge < -0.3 is 10.1 Å². The third-order valence-electron chi connectivity index (χ3n) is 3.04. The number of carbonyl (C=O) groups is 1. The summed E-state index contributed by atoms with van der Waals surface area (Å²) in [6.07, 6.45) is 0. The number of hydrazine groups is 1. The largest absolute Gasteiger partial charge is 0.383 e. The van der Waals surface area contributed by atoms with E-state index in [1.54, 1.807) is 18.6 Å². The number of anilines is 1. The Labute approximate surface area is 161 Å². The van der Waals surface area contributed by atoms with Crippen molar-refractivity contribution in [3.05, 3.63) is 47.3 Å². The molecule has 2 rings (SSSR count). The van der Waals surface area contributed by atoms with Crippen LogP contribution < -0.4 is 20.9 Å². The van der Waals surface area contributed by atoms with Crippen molar-refractivity contribution in [3.63, 3.8) is 0 Å². The maximum absolute atomic E-state index is 12.1. The standard InChI is InChI=1S/C15H18N4O4S3/c1-23-9-8-16-15(24)18-17-14(20)11-4-6-12(7-5-11)19-26(21,22)13-3-2-10-25-13/h2-7,10,19H,8-9H2,1H3,(H,17,20)(H2,16,18,24). The fourth-order valence-electron chi connectivity index (χ4n) is 1.81. The molecule has 1 heterocycles. The first-order valence-corrected chi connectivity index (χ1v) is 10.2. The number of ether oxygens (including phenoxy) is 1. The summed E-state index contributed by atoms with van der Waals surface area (Å²) in [6.45, 7) is 0.996. The van der Waals surface area contributed by atoms with Gasteiger partial charge in [-0.1, -0.05) is 6.07 Å². The van der Waals surface area contributed by atoms with Gasteiger partial charge in [0.1, 0.15) is 4.21 Å². The van der Waals surface area contributed by atoms with Crippen LogP contribution in [0.3, 0.4) is 0 Å². The number of methoxy groups -OCH3 is 1. The van der Waals surface area contributed by atoms with Crippen LogP contribution in [0, 0.1) is 0 Å². The van der Waals surface area contributed by atoms with Crippen LogP contribution >= 0.6 is 23.6 Å². The van der Waals surface area contributed by atoms with E-state index in [0.717, 1.165) is 11.3 Å². The number of thiophene rings is 1. The molecule has 0 spiro atoms. The zero-order valence-electron chi connectivity index (χ0n) is 13.8. The van der Waals surface area contributed by atoms with Gasteiger partial charge in [0.15, 0.2) is 5.11 Å². The van der Waals surface area contributed by atoms with Crippen LogP contribution in [-0.4, -0.2) is 39.7 Å². The summed E-state index contributed by atoms with van der Waals surface area (Å²) in [7, 11) is -2.04. The summed E-state index contributed by atoms with van der Waals surface area (Å²) in [5, 5.41) is 4.79. The smallest absolute Gasteiger partial charge is 0.271 e. The number of carbonyl (C=O) groups excluding carboxylic acids is 1. The van der Waals surface area contributed by atoms with Crippen molar-refractivity contribution in [2.75, 3.05) is 25.0 Å². The lowest BCUT2D eigenvalue weighted by Gasteiger charge is -2.11. The van der Waals surface area contributed by atoms with Crippen LogP contribution in [0.5, 0.6) is 0 Å². The Morgan fingerprint density at radius 1 is 1.19 bits per heavy atom. The summed E-state index contributed by atoms with van der Waals surface area (Å²) in [5.41, 5.74) is 5.72. The molecule has 1 amide bonds. The molecule has 0 aliphatic heterocycles. The molecule has 0 saturated heterocycles. The van der Waals surface area contributed by atoms with Crippen LogP contribution in [0.1, 0.15) is 10.4 Å². The lowest BCUT2D eigenvalue weighted by atomic mass is 10.2. The van der Waals surface area contributed by atoms with Crippen molar-refractivity contribution < 1.29 is 17.9 Å². The van der Waals surface area contributed by atoms with E-state index in [1.807, 2.05) is 0 Å². The zero-order chi connectivity index (χ0) is 19.0. The molecular weight excluding hydrogens is 396 g/mol. The number of amides is 1. The van der Waals surface area contributed by atoms with Crippen LogP contribution in [0.2, 0.25) is 0 Å². The second kappa shape index (κ2) is 9.48. The summed E-state index contributed by atoms with van der Waals surface area (Å²) >= 11 is 6.11. The molecule has 0 radical (unpaired) electrons. The van der Waals surface area contributed by atoms with E-state index in [1.165, 1.54) is 30.3 Å². The number of thiocarbonyl (C=S) groups is 1. The van der Waals surface area contributed by atoms with Crippen LogP contribution in [0.4, 0.5) is 5.69 Å². The maximum Gasteiger partial charge on any atom is 0.271 e. The van der Waals surface area contributed by atoms with Crippen molar-refractivity contribution in [1.82, 2.24) is 16.2 Å². The number of nitrogens with one attached hydrogen (secondary N) is 4. The van der Waals surface area contributed by atoms with Gasteiger partial charge in [-0.3, -0.25) is 20.4 Å². The molecule has 2 aromatic rings. The number of hydrogen-bond acceptors (Lipinski definition) is 6. The topological polar surface area (TPSA) is 109 Å². The normalized spacial score (nSPS) is 10.8. The average Bonchev–Trinajstić information content (AvgIpc) is 3.16. The zero-order valence-corrected chi connectivity index (χ0v) is 16.3. The second-order valence-electron chi connectivity index (χ2n) is 4.94. The van der Waals surface area contributed by atoms with Gasteiger partial charge >= 0.3 is 0 Å². The van der Waals surface area contributed by atoms with Crippen molar-refractivity contribution in [3.8, 4) is 0 Å². The monoisotopic (exact) mass is 414 g/mol. The molecule has 0 atom stereocenters. The molecule has 140 valence electrons. The average molecular weight is 415 g/mol. The summed E-state index contributed by atoms with van der Waals surface area (Å²) < 4.78 is 31.8. The lowest BCUT2D eigenvalue weighted by molar-refractivity contribution is 0.0943. The highest BCUT2D eigenvalue weighted by Gasteiger charge is 2.15. The van der Waals surface area contributed by atoms with Gasteiger partial charge in [0.2, 0.25) is 0 Å². The lowest BCUT2D eigenvalue weighted by Crippen LogP contribution is -2.47. The van der Waals surface area contributed by atoms with Crippen molar-refractivity contribution in [2.24, 2.45) is 0 Å². The third-order valence-corrected chi connectivity index (χ3v) is 6.07. The Kier molecular flexibility index (Phi) is 7.33. The number of hydrogen-bond donors (Lipinski definition) is 4. The first-order valence-electron chi connectivity index (χ1n) is 7.42.